The minimum absolute atomic E-state index is 0.769. The van der Waals surface area contributed by atoms with Gasteiger partial charge in [-0.05, 0) is 25.6 Å². The van der Waals surface area contributed by atoms with Crippen molar-refractivity contribution in [2.45, 2.75) is 26.9 Å². The standard InChI is InChI=1S/C12H19N5/c1-4-13-8-11-5-6-14-17(11)9-12-7-10(2)15-16(12)3/h5-7,13H,4,8-9H2,1-3H3. The minimum atomic E-state index is 0.769. The summed E-state index contributed by atoms with van der Waals surface area (Å²) in [6.45, 7) is 6.70. The smallest absolute Gasteiger partial charge is 0.0831 e. The average Bonchev–Trinajstić information content (AvgIpc) is 2.84. The highest BCUT2D eigenvalue weighted by Gasteiger charge is 2.06. The summed E-state index contributed by atoms with van der Waals surface area (Å²) in [7, 11) is 1.97. The van der Waals surface area contributed by atoms with Gasteiger partial charge in [0.05, 0.1) is 23.6 Å². The third-order valence-electron chi connectivity index (χ3n) is 2.77. The van der Waals surface area contributed by atoms with Crippen molar-refractivity contribution in [2.75, 3.05) is 6.54 Å². The monoisotopic (exact) mass is 233 g/mol. The van der Waals surface area contributed by atoms with Gasteiger partial charge >= 0.3 is 0 Å². The Balaban J connectivity index is 2.13. The fraction of sp³-hybridized carbons (Fsp3) is 0.500. The predicted molar refractivity (Wildman–Crippen MR) is 66.7 cm³/mol. The molecule has 0 atom stereocenters. The van der Waals surface area contributed by atoms with Crippen molar-refractivity contribution in [3.8, 4) is 0 Å². The molecule has 0 spiro atoms. The summed E-state index contributed by atoms with van der Waals surface area (Å²) in [5, 5.41) is 12.0. The molecule has 5 heteroatoms. The highest BCUT2D eigenvalue weighted by Crippen LogP contribution is 2.06. The third-order valence-corrected chi connectivity index (χ3v) is 2.77. The normalized spacial score (nSPS) is 11.0. The number of hydrogen-bond donors (Lipinski definition) is 1. The Labute approximate surface area is 101 Å². The van der Waals surface area contributed by atoms with Gasteiger partial charge in [-0.15, -0.1) is 0 Å². The maximum Gasteiger partial charge on any atom is 0.0831 e. The van der Waals surface area contributed by atoms with Crippen molar-refractivity contribution in [2.24, 2.45) is 7.05 Å². The number of aryl methyl sites for hydroxylation is 2. The van der Waals surface area contributed by atoms with Gasteiger partial charge in [0, 0.05) is 19.8 Å². The largest absolute Gasteiger partial charge is 0.311 e. The number of rotatable bonds is 5. The van der Waals surface area contributed by atoms with Crippen molar-refractivity contribution in [3.63, 3.8) is 0 Å². The van der Waals surface area contributed by atoms with Crippen LogP contribution < -0.4 is 5.32 Å². The quantitative estimate of drug-likeness (QED) is 0.840. The van der Waals surface area contributed by atoms with Crippen LogP contribution in [0.2, 0.25) is 0 Å². The summed E-state index contributed by atoms with van der Waals surface area (Å²) in [6, 6.07) is 4.14. The van der Waals surface area contributed by atoms with E-state index in [1.807, 2.05) is 35.6 Å². The van der Waals surface area contributed by atoms with Gasteiger partial charge < -0.3 is 5.32 Å². The highest BCUT2D eigenvalue weighted by molar-refractivity contribution is 5.10. The second-order valence-corrected chi connectivity index (χ2v) is 4.16. The molecule has 0 amide bonds. The van der Waals surface area contributed by atoms with Crippen molar-refractivity contribution in [3.05, 3.63) is 35.4 Å². The Morgan fingerprint density at radius 3 is 2.82 bits per heavy atom. The van der Waals surface area contributed by atoms with Crippen molar-refractivity contribution in [1.29, 1.82) is 0 Å². The van der Waals surface area contributed by atoms with Crippen LogP contribution in [0, 0.1) is 6.92 Å². The Morgan fingerprint density at radius 2 is 2.18 bits per heavy atom. The van der Waals surface area contributed by atoms with Crippen LogP contribution in [0.25, 0.3) is 0 Å². The van der Waals surface area contributed by atoms with Crippen LogP contribution in [0.3, 0.4) is 0 Å². The van der Waals surface area contributed by atoms with E-state index in [1.54, 1.807) is 0 Å². The van der Waals surface area contributed by atoms with Crippen LogP contribution in [0.15, 0.2) is 18.3 Å². The Morgan fingerprint density at radius 1 is 1.35 bits per heavy atom. The van der Waals surface area contributed by atoms with Gasteiger partial charge in [0.1, 0.15) is 0 Å². The Kier molecular flexibility index (Phi) is 3.58. The molecule has 0 aliphatic heterocycles. The van der Waals surface area contributed by atoms with Gasteiger partial charge in [-0.2, -0.15) is 10.2 Å². The van der Waals surface area contributed by atoms with Gasteiger partial charge in [0.2, 0.25) is 0 Å². The molecule has 0 aliphatic carbocycles. The maximum atomic E-state index is 4.35. The molecular weight excluding hydrogens is 214 g/mol. The lowest BCUT2D eigenvalue weighted by Gasteiger charge is -2.08. The van der Waals surface area contributed by atoms with E-state index < -0.39 is 0 Å². The molecule has 0 aliphatic rings. The average molecular weight is 233 g/mol. The van der Waals surface area contributed by atoms with E-state index in [9.17, 15) is 0 Å². The summed E-state index contributed by atoms with van der Waals surface area (Å²) in [4.78, 5) is 0. The second-order valence-electron chi connectivity index (χ2n) is 4.16. The van der Waals surface area contributed by atoms with Crippen LogP contribution >= 0.6 is 0 Å². The van der Waals surface area contributed by atoms with E-state index >= 15 is 0 Å². The van der Waals surface area contributed by atoms with Gasteiger partial charge in [0.15, 0.2) is 0 Å². The summed E-state index contributed by atoms with van der Waals surface area (Å²) in [5.74, 6) is 0. The fourth-order valence-electron chi connectivity index (χ4n) is 1.87. The molecule has 2 aromatic rings. The molecule has 0 bridgehead atoms. The minimum Gasteiger partial charge on any atom is -0.311 e. The van der Waals surface area contributed by atoms with Crippen LogP contribution in [0.5, 0.6) is 0 Å². The van der Waals surface area contributed by atoms with Crippen molar-refractivity contribution in [1.82, 2.24) is 24.9 Å². The summed E-state index contributed by atoms with van der Waals surface area (Å²) in [5.41, 5.74) is 3.41. The van der Waals surface area contributed by atoms with Crippen molar-refractivity contribution < 1.29 is 0 Å². The number of nitrogens with zero attached hydrogens (tertiary/aromatic N) is 4. The SMILES string of the molecule is CCNCc1ccnn1Cc1cc(C)nn1C. The van der Waals surface area contributed by atoms with E-state index in [0.717, 1.165) is 25.3 Å². The molecule has 2 rings (SSSR count). The zero-order valence-corrected chi connectivity index (χ0v) is 10.6. The maximum absolute atomic E-state index is 4.35. The molecule has 0 aromatic carbocycles. The number of aromatic nitrogens is 4. The first-order valence-electron chi connectivity index (χ1n) is 5.91. The van der Waals surface area contributed by atoms with E-state index in [2.05, 4.69) is 28.5 Å². The molecule has 0 unspecified atom stereocenters. The van der Waals surface area contributed by atoms with E-state index in [4.69, 9.17) is 0 Å². The molecule has 2 aromatic heterocycles. The van der Waals surface area contributed by atoms with Crippen LogP contribution in [-0.2, 0) is 20.1 Å². The summed E-state index contributed by atoms with van der Waals surface area (Å²) < 4.78 is 3.92. The summed E-state index contributed by atoms with van der Waals surface area (Å²) in [6.07, 6.45) is 1.84. The van der Waals surface area contributed by atoms with Gasteiger partial charge in [-0.25, -0.2) is 0 Å². The van der Waals surface area contributed by atoms with E-state index in [0.29, 0.717) is 0 Å². The molecule has 92 valence electrons. The highest BCUT2D eigenvalue weighted by atomic mass is 15.3. The van der Waals surface area contributed by atoms with E-state index in [1.165, 1.54) is 11.4 Å². The van der Waals surface area contributed by atoms with Crippen LogP contribution in [0.1, 0.15) is 24.0 Å². The van der Waals surface area contributed by atoms with Crippen LogP contribution in [-0.4, -0.2) is 26.1 Å². The lowest BCUT2D eigenvalue weighted by atomic mass is 10.3. The fourth-order valence-corrected chi connectivity index (χ4v) is 1.87. The molecular formula is C12H19N5. The number of nitrogens with one attached hydrogen (secondary N) is 1. The van der Waals surface area contributed by atoms with Gasteiger partial charge in [-0.3, -0.25) is 9.36 Å². The molecule has 5 nitrogen and oxygen atoms in total. The third kappa shape index (κ3) is 2.74. The topological polar surface area (TPSA) is 47.7 Å². The summed E-state index contributed by atoms with van der Waals surface area (Å²) >= 11 is 0. The van der Waals surface area contributed by atoms with Crippen LogP contribution in [0.4, 0.5) is 0 Å². The first-order chi connectivity index (χ1) is 8.20. The number of hydrogen-bond acceptors (Lipinski definition) is 3. The van der Waals surface area contributed by atoms with E-state index in [-0.39, 0.29) is 0 Å². The molecule has 0 fully saturated rings. The molecule has 17 heavy (non-hydrogen) atoms. The first kappa shape index (κ1) is 11.9. The van der Waals surface area contributed by atoms with Crippen molar-refractivity contribution >= 4 is 0 Å². The zero-order valence-electron chi connectivity index (χ0n) is 10.6. The Bertz CT molecular complexity index is 483. The predicted octanol–water partition coefficient (Wildman–Crippen LogP) is 1.08. The molecule has 1 N–H and O–H groups in total. The molecule has 2 heterocycles. The zero-order chi connectivity index (χ0) is 12.3. The lowest BCUT2D eigenvalue weighted by molar-refractivity contribution is 0.575. The lowest BCUT2D eigenvalue weighted by Crippen LogP contribution is -2.17. The second kappa shape index (κ2) is 5.14. The Hall–Kier alpha value is -1.62. The molecule has 0 saturated heterocycles. The molecule has 0 saturated carbocycles. The first-order valence-corrected chi connectivity index (χ1v) is 5.91. The van der Waals surface area contributed by atoms with Gasteiger partial charge in [-0.1, -0.05) is 6.92 Å². The molecule has 0 radical (unpaired) electrons. The van der Waals surface area contributed by atoms with Gasteiger partial charge in [0.25, 0.3) is 0 Å².